The molecule has 0 aliphatic rings. The highest BCUT2D eigenvalue weighted by molar-refractivity contribution is 5.88. The average Bonchev–Trinajstić information content (AvgIpc) is 2.63. The minimum Gasteiger partial charge on any atom is -0.410 e. The predicted octanol–water partition coefficient (Wildman–Crippen LogP) is 4.41. The van der Waals surface area contributed by atoms with Crippen molar-refractivity contribution in [2.45, 2.75) is 0 Å². The number of aromatic nitrogens is 1. The number of anilines is 1. The third-order valence-corrected chi connectivity index (χ3v) is 3.38. The number of hydrogen-bond acceptors (Lipinski definition) is 5. The number of carbonyl (C=O) groups excluding carboxylic acids is 1. The molecule has 1 heterocycles. The van der Waals surface area contributed by atoms with E-state index in [9.17, 15) is 19.3 Å². The lowest BCUT2D eigenvalue weighted by Gasteiger charge is -2.08. The van der Waals surface area contributed by atoms with E-state index in [4.69, 9.17) is 4.74 Å². The summed E-state index contributed by atoms with van der Waals surface area (Å²) in [5.74, 6) is -0.402. The molecule has 130 valence electrons. The van der Waals surface area contributed by atoms with Crippen LogP contribution in [0.4, 0.5) is 20.7 Å². The Morgan fingerprint density at radius 2 is 1.73 bits per heavy atom. The van der Waals surface area contributed by atoms with Crippen LogP contribution in [-0.2, 0) is 0 Å². The fourth-order valence-electron chi connectivity index (χ4n) is 2.19. The summed E-state index contributed by atoms with van der Waals surface area (Å²) in [6.07, 6.45) is -0.914. The lowest BCUT2D eigenvalue weighted by atomic mass is 10.1. The molecule has 8 heteroatoms. The number of para-hydroxylation sites is 1. The van der Waals surface area contributed by atoms with Crippen molar-refractivity contribution < 1.29 is 18.8 Å². The number of benzene rings is 2. The van der Waals surface area contributed by atoms with Gasteiger partial charge in [-0.05, 0) is 42.5 Å². The molecule has 1 amide bonds. The molecule has 2 aromatic carbocycles. The normalized spacial score (nSPS) is 10.2. The first kappa shape index (κ1) is 17.0. The maximum Gasteiger partial charge on any atom is 0.418 e. The van der Waals surface area contributed by atoms with E-state index in [0.717, 1.165) is 0 Å². The Morgan fingerprint density at radius 3 is 2.38 bits per heavy atom. The number of halogens is 1. The highest BCUT2D eigenvalue weighted by atomic mass is 19.1. The quantitative estimate of drug-likeness (QED) is 0.554. The van der Waals surface area contributed by atoms with Crippen LogP contribution in [0.25, 0.3) is 11.3 Å². The molecule has 0 aliphatic heterocycles. The van der Waals surface area contributed by atoms with E-state index in [1.54, 1.807) is 30.3 Å². The summed E-state index contributed by atoms with van der Waals surface area (Å²) < 4.78 is 18.1. The maximum atomic E-state index is 13.0. The molecule has 3 aromatic rings. The van der Waals surface area contributed by atoms with Crippen LogP contribution in [0.15, 0.2) is 66.7 Å². The molecule has 0 fully saturated rings. The van der Waals surface area contributed by atoms with Crippen LogP contribution in [-0.4, -0.2) is 16.0 Å². The van der Waals surface area contributed by atoms with Crippen molar-refractivity contribution in [1.29, 1.82) is 0 Å². The Bertz CT molecular complexity index is 946. The first-order valence-corrected chi connectivity index (χ1v) is 7.48. The number of nitrogens with one attached hydrogen (secondary N) is 1. The Hall–Kier alpha value is -3.81. The summed E-state index contributed by atoms with van der Waals surface area (Å²) in [6, 6.07) is 16.3. The van der Waals surface area contributed by atoms with Crippen LogP contribution in [0.2, 0.25) is 0 Å². The number of carbonyl (C=O) groups is 1. The molecule has 0 saturated heterocycles. The molecule has 1 aromatic heterocycles. The first-order valence-electron chi connectivity index (χ1n) is 7.48. The predicted molar refractivity (Wildman–Crippen MR) is 92.4 cm³/mol. The number of ether oxygens (including phenoxy) is 1. The van der Waals surface area contributed by atoms with Gasteiger partial charge in [0.05, 0.1) is 10.6 Å². The second-order valence-electron chi connectivity index (χ2n) is 5.16. The highest BCUT2D eigenvalue weighted by Gasteiger charge is 2.19. The minimum atomic E-state index is -0.914. The largest absolute Gasteiger partial charge is 0.418 e. The number of nitrogens with zero attached hydrogens (tertiary/aromatic N) is 2. The maximum absolute atomic E-state index is 13.0. The smallest absolute Gasteiger partial charge is 0.410 e. The number of pyridine rings is 1. The van der Waals surface area contributed by atoms with E-state index in [1.807, 2.05) is 0 Å². The second kappa shape index (κ2) is 7.39. The van der Waals surface area contributed by atoms with Gasteiger partial charge in [-0.1, -0.05) is 18.2 Å². The van der Waals surface area contributed by atoms with Gasteiger partial charge in [-0.3, -0.25) is 15.4 Å². The Labute approximate surface area is 147 Å². The van der Waals surface area contributed by atoms with Gasteiger partial charge >= 0.3 is 11.8 Å². The Kier molecular flexibility index (Phi) is 4.84. The molecule has 0 aliphatic carbocycles. The summed E-state index contributed by atoms with van der Waals surface area (Å²) in [7, 11) is 0. The zero-order chi connectivity index (χ0) is 18.5. The third-order valence-electron chi connectivity index (χ3n) is 3.38. The summed E-state index contributed by atoms with van der Waals surface area (Å²) in [6.45, 7) is 0. The molecule has 0 spiro atoms. The van der Waals surface area contributed by atoms with E-state index in [-0.39, 0.29) is 17.3 Å². The average molecular weight is 353 g/mol. The van der Waals surface area contributed by atoms with Crippen molar-refractivity contribution in [2.24, 2.45) is 0 Å². The standard InChI is InChI=1S/C18H12FN3O4/c19-13-8-6-12(7-9-13)15-10-11-16(22(24)25)17(20-15)21-18(23)26-14-4-2-1-3-5-14/h1-11H,(H,20,21,23). The van der Waals surface area contributed by atoms with E-state index in [0.29, 0.717) is 11.3 Å². The zero-order valence-electron chi connectivity index (χ0n) is 13.3. The van der Waals surface area contributed by atoms with Crippen molar-refractivity contribution in [2.75, 3.05) is 5.32 Å². The Morgan fingerprint density at radius 1 is 1.04 bits per heavy atom. The Balaban J connectivity index is 1.88. The number of nitro groups is 1. The molecule has 0 unspecified atom stereocenters. The van der Waals surface area contributed by atoms with Gasteiger partial charge in [-0.15, -0.1) is 0 Å². The van der Waals surface area contributed by atoms with Crippen LogP contribution in [0.3, 0.4) is 0 Å². The molecule has 3 rings (SSSR count). The number of amides is 1. The summed E-state index contributed by atoms with van der Waals surface area (Å²) in [5, 5.41) is 13.5. The van der Waals surface area contributed by atoms with Crippen molar-refractivity contribution in [3.05, 3.63) is 82.7 Å². The van der Waals surface area contributed by atoms with Crippen LogP contribution < -0.4 is 10.1 Å². The van der Waals surface area contributed by atoms with Crippen LogP contribution >= 0.6 is 0 Å². The van der Waals surface area contributed by atoms with Crippen molar-refractivity contribution in [3.63, 3.8) is 0 Å². The molecule has 1 N–H and O–H groups in total. The van der Waals surface area contributed by atoms with Gasteiger partial charge < -0.3 is 4.74 Å². The van der Waals surface area contributed by atoms with Crippen LogP contribution in [0.1, 0.15) is 0 Å². The monoisotopic (exact) mass is 353 g/mol. The van der Waals surface area contributed by atoms with E-state index < -0.39 is 16.8 Å². The van der Waals surface area contributed by atoms with Gasteiger partial charge in [-0.25, -0.2) is 14.2 Å². The van der Waals surface area contributed by atoms with Gasteiger partial charge in [0.25, 0.3) is 0 Å². The molecule has 26 heavy (non-hydrogen) atoms. The van der Waals surface area contributed by atoms with Gasteiger partial charge in [0.15, 0.2) is 0 Å². The molecular formula is C18H12FN3O4. The fourth-order valence-corrected chi connectivity index (χ4v) is 2.19. The molecule has 0 bridgehead atoms. The summed E-state index contributed by atoms with van der Waals surface area (Å²) in [5.41, 5.74) is 0.493. The molecular weight excluding hydrogens is 341 g/mol. The minimum absolute atomic E-state index is 0.266. The summed E-state index contributed by atoms with van der Waals surface area (Å²) >= 11 is 0. The molecule has 0 saturated carbocycles. The second-order valence-corrected chi connectivity index (χ2v) is 5.16. The number of hydrogen-bond donors (Lipinski definition) is 1. The molecule has 7 nitrogen and oxygen atoms in total. The van der Waals surface area contributed by atoms with Gasteiger partial charge in [0, 0.05) is 11.6 Å². The molecule has 0 atom stereocenters. The number of rotatable bonds is 4. The summed E-state index contributed by atoms with van der Waals surface area (Å²) in [4.78, 5) is 26.6. The van der Waals surface area contributed by atoms with Gasteiger partial charge in [0.2, 0.25) is 5.82 Å². The fraction of sp³-hybridized carbons (Fsp3) is 0. The first-order chi connectivity index (χ1) is 12.5. The van der Waals surface area contributed by atoms with E-state index in [1.165, 1.54) is 36.4 Å². The highest BCUT2D eigenvalue weighted by Crippen LogP contribution is 2.27. The SMILES string of the molecule is O=C(Nc1nc(-c2ccc(F)cc2)ccc1[N+](=O)[O-])Oc1ccccc1. The lowest BCUT2D eigenvalue weighted by Crippen LogP contribution is -2.18. The topological polar surface area (TPSA) is 94.4 Å². The van der Waals surface area contributed by atoms with E-state index in [2.05, 4.69) is 10.3 Å². The zero-order valence-corrected chi connectivity index (χ0v) is 13.3. The van der Waals surface area contributed by atoms with Crippen molar-refractivity contribution in [3.8, 4) is 17.0 Å². The van der Waals surface area contributed by atoms with Crippen LogP contribution in [0, 0.1) is 15.9 Å². The molecule has 0 radical (unpaired) electrons. The van der Waals surface area contributed by atoms with Crippen molar-refractivity contribution in [1.82, 2.24) is 4.98 Å². The van der Waals surface area contributed by atoms with Gasteiger partial charge in [0.1, 0.15) is 11.6 Å². The van der Waals surface area contributed by atoms with Gasteiger partial charge in [-0.2, -0.15) is 0 Å². The van der Waals surface area contributed by atoms with Crippen LogP contribution in [0.5, 0.6) is 5.75 Å². The van der Waals surface area contributed by atoms with E-state index >= 15 is 0 Å². The third kappa shape index (κ3) is 3.99. The lowest BCUT2D eigenvalue weighted by molar-refractivity contribution is -0.384. The van der Waals surface area contributed by atoms with Crippen molar-refractivity contribution >= 4 is 17.6 Å².